The van der Waals surface area contributed by atoms with Gasteiger partial charge in [0.25, 0.3) is 0 Å². The second-order valence-corrected chi connectivity index (χ2v) is 26.7. The third kappa shape index (κ3) is 5.39. The van der Waals surface area contributed by atoms with Crippen molar-refractivity contribution in [3.8, 4) is 0 Å². The molecule has 2 aliphatic carbocycles. The number of fused-ring (bicyclic) bond motifs is 1. The molecule has 4 fully saturated rings. The highest BCUT2D eigenvalue weighted by atomic mass is 28.4. The van der Waals surface area contributed by atoms with E-state index in [1.54, 1.807) is 0 Å². The predicted molar refractivity (Wildman–Crippen MR) is 157 cm³/mol. The van der Waals surface area contributed by atoms with Crippen molar-refractivity contribution < 1.29 is 28.5 Å². The molecule has 2 saturated heterocycles. The Morgan fingerprint density at radius 1 is 1.03 bits per heavy atom. The molecule has 8 atom stereocenters. The molecule has 0 unspecified atom stereocenters. The first-order valence-corrected chi connectivity index (χ1v) is 21.8. The summed E-state index contributed by atoms with van der Waals surface area (Å²) >= 11 is 0. The first-order chi connectivity index (χ1) is 17.4. The average molecular weight is 571 g/mol. The maximum Gasteiger partial charge on any atom is 0.192 e. The SMILES string of the molecule is CC1(C)O[C@@H]2OCCC[C@]23[C@H]1C[C@H](O)[C@]1(C)[C@H](OCOCC[Si](C)(C)C)CC[C@@H](O[Si](C)(C)C(C)(C)C)[C@@H]13. The van der Waals surface area contributed by atoms with Crippen molar-refractivity contribution in [2.24, 2.45) is 22.7 Å². The molecule has 2 heterocycles. The van der Waals surface area contributed by atoms with Gasteiger partial charge in [0.15, 0.2) is 14.6 Å². The normalized spacial score (nSPS) is 41.4. The molecule has 0 aromatic rings. The lowest BCUT2D eigenvalue weighted by molar-refractivity contribution is -0.295. The topological polar surface area (TPSA) is 66.4 Å². The van der Waals surface area contributed by atoms with E-state index < -0.39 is 27.9 Å². The summed E-state index contributed by atoms with van der Waals surface area (Å²) in [6, 6.07) is 1.13. The minimum atomic E-state index is -2.06. The number of aliphatic hydroxyl groups is 1. The van der Waals surface area contributed by atoms with Crippen LogP contribution in [0, 0.1) is 22.7 Å². The lowest BCUT2D eigenvalue weighted by atomic mass is 9.42. The molecular weight excluding hydrogens is 512 g/mol. The van der Waals surface area contributed by atoms with Crippen molar-refractivity contribution >= 4 is 16.4 Å². The van der Waals surface area contributed by atoms with Gasteiger partial charge in [-0.1, -0.05) is 47.3 Å². The minimum absolute atomic E-state index is 0.0488. The van der Waals surface area contributed by atoms with Gasteiger partial charge in [0.1, 0.15) is 6.79 Å². The van der Waals surface area contributed by atoms with Crippen LogP contribution in [0.2, 0.25) is 43.8 Å². The summed E-state index contributed by atoms with van der Waals surface area (Å²) in [6.07, 6.45) is 3.79. The van der Waals surface area contributed by atoms with Crippen LogP contribution in [0.3, 0.4) is 0 Å². The number of hydrogen-bond donors (Lipinski definition) is 1. The quantitative estimate of drug-likeness (QED) is 0.197. The zero-order valence-corrected chi connectivity index (χ0v) is 28.3. The summed E-state index contributed by atoms with van der Waals surface area (Å²) in [6.45, 7) is 27.2. The summed E-state index contributed by atoms with van der Waals surface area (Å²) in [4.78, 5) is 0. The van der Waals surface area contributed by atoms with Gasteiger partial charge in [-0.2, -0.15) is 0 Å². The molecule has 4 rings (SSSR count). The molecule has 0 amide bonds. The molecule has 0 bridgehead atoms. The highest BCUT2D eigenvalue weighted by molar-refractivity contribution is 6.76. The molecular formula is C30H58O6Si2. The second kappa shape index (κ2) is 10.5. The van der Waals surface area contributed by atoms with Gasteiger partial charge >= 0.3 is 0 Å². The van der Waals surface area contributed by atoms with Crippen LogP contribution in [0.15, 0.2) is 0 Å². The lowest BCUT2D eigenvalue weighted by Crippen LogP contribution is -2.70. The van der Waals surface area contributed by atoms with E-state index in [0.29, 0.717) is 6.42 Å². The van der Waals surface area contributed by atoms with E-state index in [2.05, 4.69) is 74.3 Å². The Labute approximate surface area is 235 Å². The van der Waals surface area contributed by atoms with E-state index in [9.17, 15) is 5.11 Å². The Morgan fingerprint density at radius 3 is 2.34 bits per heavy atom. The number of hydrogen-bond acceptors (Lipinski definition) is 6. The molecule has 0 aromatic heterocycles. The van der Waals surface area contributed by atoms with Crippen LogP contribution in [0.5, 0.6) is 0 Å². The largest absolute Gasteiger partial charge is 0.414 e. The van der Waals surface area contributed by atoms with Crippen LogP contribution in [0.25, 0.3) is 0 Å². The van der Waals surface area contributed by atoms with Gasteiger partial charge in [0.2, 0.25) is 0 Å². The Hall–Kier alpha value is 0.194. The van der Waals surface area contributed by atoms with Crippen molar-refractivity contribution in [3.63, 3.8) is 0 Å². The second-order valence-electron chi connectivity index (χ2n) is 16.3. The summed E-state index contributed by atoms with van der Waals surface area (Å²) in [5.41, 5.74) is -1.01. The predicted octanol–water partition coefficient (Wildman–Crippen LogP) is 6.80. The minimum Gasteiger partial charge on any atom is -0.414 e. The molecule has 6 nitrogen and oxygen atoms in total. The highest BCUT2D eigenvalue weighted by Crippen LogP contribution is 2.70. The first kappa shape index (κ1) is 31.1. The van der Waals surface area contributed by atoms with Crippen LogP contribution >= 0.6 is 0 Å². The van der Waals surface area contributed by atoms with Crippen LogP contribution in [-0.4, -0.2) is 71.7 Å². The van der Waals surface area contributed by atoms with E-state index in [1.165, 1.54) is 0 Å². The van der Waals surface area contributed by atoms with E-state index in [0.717, 1.165) is 44.9 Å². The van der Waals surface area contributed by atoms with Gasteiger partial charge in [-0.15, -0.1) is 0 Å². The van der Waals surface area contributed by atoms with E-state index in [-0.39, 0.29) is 53.2 Å². The third-order valence-corrected chi connectivity index (χ3v) is 17.4. The van der Waals surface area contributed by atoms with Crippen LogP contribution in [0.4, 0.5) is 0 Å². The van der Waals surface area contributed by atoms with Crippen molar-refractivity contribution in [2.75, 3.05) is 20.0 Å². The Balaban J connectivity index is 1.69. The van der Waals surface area contributed by atoms with Gasteiger partial charge in [0, 0.05) is 50.1 Å². The van der Waals surface area contributed by atoms with Crippen molar-refractivity contribution in [1.82, 2.24) is 0 Å². The van der Waals surface area contributed by atoms with Gasteiger partial charge in [0.05, 0.1) is 17.8 Å². The molecule has 1 N–H and O–H groups in total. The molecule has 2 saturated carbocycles. The smallest absolute Gasteiger partial charge is 0.192 e. The van der Waals surface area contributed by atoms with Crippen LogP contribution in [0.1, 0.15) is 73.6 Å². The van der Waals surface area contributed by atoms with Gasteiger partial charge in [-0.3, -0.25) is 0 Å². The number of ether oxygens (including phenoxy) is 4. The van der Waals surface area contributed by atoms with Gasteiger partial charge in [-0.25, -0.2) is 0 Å². The van der Waals surface area contributed by atoms with Crippen molar-refractivity contribution in [1.29, 1.82) is 0 Å². The lowest BCUT2D eigenvalue weighted by Gasteiger charge is -2.66. The molecule has 1 spiro atoms. The van der Waals surface area contributed by atoms with Crippen molar-refractivity contribution in [3.05, 3.63) is 0 Å². The van der Waals surface area contributed by atoms with Crippen LogP contribution in [-0.2, 0) is 23.4 Å². The van der Waals surface area contributed by atoms with Gasteiger partial charge < -0.3 is 28.5 Å². The standard InChI is InChI=1S/C30H58O6Si2/c1-27(2,3)38(10,11)36-21-13-14-24(34-20-32-17-18-37(7,8)9)29(6)23(31)19-22-28(4,5)35-26-30(22,25(21)29)15-12-16-33-26/h21-26,31H,12-20H2,1-11H3/t21-,22+,23+,24-,25+,26+,29-,30-/m1/s1. The molecule has 0 aromatic carbocycles. The molecule has 2 aliphatic heterocycles. The van der Waals surface area contributed by atoms with E-state index in [4.69, 9.17) is 23.4 Å². The number of aliphatic hydroxyl groups excluding tert-OH is 1. The fourth-order valence-electron chi connectivity index (χ4n) is 8.08. The zero-order valence-electron chi connectivity index (χ0n) is 26.3. The first-order valence-electron chi connectivity index (χ1n) is 15.2. The summed E-state index contributed by atoms with van der Waals surface area (Å²) < 4.78 is 33.0. The summed E-state index contributed by atoms with van der Waals surface area (Å²) in [7, 11) is -3.22. The molecule has 0 radical (unpaired) electrons. The monoisotopic (exact) mass is 570 g/mol. The Kier molecular flexibility index (Phi) is 8.58. The molecule has 8 heteroatoms. The fourth-order valence-corrected chi connectivity index (χ4v) is 10.2. The van der Waals surface area contributed by atoms with Crippen molar-refractivity contribution in [2.45, 2.75) is 148 Å². The fraction of sp³-hybridized carbons (Fsp3) is 1.00. The van der Waals surface area contributed by atoms with Gasteiger partial charge in [-0.05, 0) is 70.1 Å². The summed E-state index contributed by atoms with van der Waals surface area (Å²) in [5, 5.41) is 12.1. The average Bonchev–Trinajstić information content (AvgIpc) is 3.00. The molecule has 38 heavy (non-hydrogen) atoms. The Bertz CT molecular complexity index is 836. The molecule has 4 aliphatic rings. The Morgan fingerprint density at radius 2 is 1.71 bits per heavy atom. The highest BCUT2D eigenvalue weighted by Gasteiger charge is 2.75. The molecule has 222 valence electrons. The number of rotatable bonds is 8. The third-order valence-electron chi connectivity index (χ3n) is 11.2. The van der Waals surface area contributed by atoms with Crippen LogP contribution < -0.4 is 0 Å². The maximum absolute atomic E-state index is 12.0. The van der Waals surface area contributed by atoms with E-state index in [1.807, 2.05) is 0 Å². The summed E-state index contributed by atoms with van der Waals surface area (Å²) in [5.74, 6) is 0.302. The zero-order chi connectivity index (χ0) is 28.4. The maximum atomic E-state index is 12.0. The van der Waals surface area contributed by atoms with E-state index >= 15 is 0 Å².